The number of rotatable bonds is 3. The number of ether oxygens (including phenoxy) is 1. The smallest absolute Gasteiger partial charge is 0.250 e. The summed E-state index contributed by atoms with van der Waals surface area (Å²) in [6.45, 7) is 2.47. The van der Waals surface area contributed by atoms with Gasteiger partial charge in [0.25, 0.3) is 5.56 Å². The zero-order chi connectivity index (χ0) is 13.3. The minimum atomic E-state index is 0.160. The lowest BCUT2D eigenvalue weighted by Crippen LogP contribution is -2.39. The number of aryl methyl sites for hydroxylation is 1. The van der Waals surface area contributed by atoms with Crippen LogP contribution in [0.2, 0.25) is 0 Å². The fourth-order valence-electron chi connectivity index (χ4n) is 3.28. The first-order valence-corrected chi connectivity index (χ1v) is 8.22. The van der Waals surface area contributed by atoms with Crippen LogP contribution in [0.4, 0.5) is 0 Å². The number of hydrogen-bond acceptors (Lipinski definition) is 2. The van der Waals surface area contributed by atoms with E-state index in [-0.39, 0.29) is 11.0 Å². The van der Waals surface area contributed by atoms with Crippen molar-refractivity contribution >= 4 is 15.9 Å². The Balaban J connectivity index is 1.94. The number of pyridine rings is 1. The SMILES string of the molecule is O=c1ccc2c(n1CC1(CBr)CCOCC1)CCC2. The van der Waals surface area contributed by atoms with E-state index < -0.39 is 0 Å². The van der Waals surface area contributed by atoms with E-state index in [9.17, 15) is 4.79 Å². The zero-order valence-corrected chi connectivity index (χ0v) is 12.7. The van der Waals surface area contributed by atoms with Crippen LogP contribution in [-0.2, 0) is 24.1 Å². The van der Waals surface area contributed by atoms with E-state index in [1.165, 1.54) is 17.7 Å². The van der Waals surface area contributed by atoms with Gasteiger partial charge in [-0.25, -0.2) is 0 Å². The van der Waals surface area contributed by atoms with Gasteiger partial charge >= 0.3 is 0 Å². The molecule has 104 valence electrons. The molecule has 1 saturated heterocycles. The molecular weight excluding hydrogens is 306 g/mol. The molecule has 2 aliphatic rings. The minimum absolute atomic E-state index is 0.160. The van der Waals surface area contributed by atoms with E-state index >= 15 is 0 Å². The molecule has 0 atom stereocenters. The Morgan fingerprint density at radius 2 is 2.05 bits per heavy atom. The maximum absolute atomic E-state index is 12.2. The third-order valence-electron chi connectivity index (χ3n) is 4.58. The first-order chi connectivity index (χ1) is 9.24. The monoisotopic (exact) mass is 325 g/mol. The van der Waals surface area contributed by atoms with Crippen molar-refractivity contribution in [2.45, 2.75) is 38.6 Å². The molecule has 1 aliphatic heterocycles. The third-order valence-corrected chi connectivity index (χ3v) is 5.77. The minimum Gasteiger partial charge on any atom is -0.381 e. The van der Waals surface area contributed by atoms with Crippen LogP contribution >= 0.6 is 15.9 Å². The van der Waals surface area contributed by atoms with Crippen LogP contribution in [0.25, 0.3) is 0 Å². The summed E-state index contributed by atoms with van der Waals surface area (Å²) < 4.78 is 7.52. The van der Waals surface area contributed by atoms with Crippen molar-refractivity contribution in [3.8, 4) is 0 Å². The summed E-state index contributed by atoms with van der Waals surface area (Å²) in [4.78, 5) is 12.2. The van der Waals surface area contributed by atoms with Crippen LogP contribution in [-0.4, -0.2) is 23.1 Å². The van der Waals surface area contributed by atoms with Crippen molar-refractivity contribution < 1.29 is 4.74 Å². The summed E-state index contributed by atoms with van der Waals surface area (Å²) in [6.07, 6.45) is 5.44. The highest BCUT2D eigenvalue weighted by molar-refractivity contribution is 9.09. The van der Waals surface area contributed by atoms with Crippen molar-refractivity contribution in [3.05, 3.63) is 33.7 Å². The van der Waals surface area contributed by atoms with Gasteiger partial charge in [0, 0.05) is 42.3 Å². The Labute approximate surface area is 122 Å². The first-order valence-electron chi connectivity index (χ1n) is 7.09. The standard InChI is InChI=1S/C15H20BrNO2/c16-10-15(6-8-19-9-7-15)11-17-13-3-1-2-12(13)4-5-14(17)18/h4-5H,1-3,6-11H2. The van der Waals surface area contributed by atoms with E-state index in [4.69, 9.17) is 4.74 Å². The maximum atomic E-state index is 12.2. The second-order valence-electron chi connectivity index (χ2n) is 5.83. The molecule has 3 rings (SSSR count). The van der Waals surface area contributed by atoms with Gasteiger partial charge < -0.3 is 9.30 Å². The molecule has 0 bridgehead atoms. The Kier molecular flexibility index (Phi) is 3.81. The highest BCUT2D eigenvalue weighted by atomic mass is 79.9. The second kappa shape index (κ2) is 5.41. The second-order valence-corrected chi connectivity index (χ2v) is 6.39. The lowest BCUT2D eigenvalue weighted by atomic mass is 9.82. The van der Waals surface area contributed by atoms with Gasteiger partial charge in [-0.2, -0.15) is 0 Å². The van der Waals surface area contributed by atoms with Crippen LogP contribution in [0, 0.1) is 5.41 Å². The summed E-state index contributed by atoms with van der Waals surface area (Å²) in [6, 6.07) is 3.76. The lowest BCUT2D eigenvalue weighted by molar-refractivity contribution is 0.0178. The summed E-state index contributed by atoms with van der Waals surface area (Å²) >= 11 is 3.66. The topological polar surface area (TPSA) is 31.2 Å². The molecule has 4 heteroatoms. The third kappa shape index (κ3) is 2.52. The van der Waals surface area contributed by atoms with Crippen molar-refractivity contribution in [1.82, 2.24) is 4.57 Å². The number of fused-ring (bicyclic) bond motifs is 1. The average Bonchev–Trinajstić information content (AvgIpc) is 2.92. The van der Waals surface area contributed by atoms with E-state index in [0.717, 1.165) is 50.8 Å². The van der Waals surface area contributed by atoms with E-state index in [0.29, 0.717) is 0 Å². The Morgan fingerprint density at radius 1 is 1.26 bits per heavy atom. The van der Waals surface area contributed by atoms with Crippen molar-refractivity contribution in [2.75, 3.05) is 18.5 Å². The van der Waals surface area contributed by atoms with Gasteiger partial charge in [-0.1, -0.05) is 22.0 Å². The molecule has 0 unspecified atom stereocenters. The van der Waals surface area contributed by atoms with Crippen LogP contribution in [0.3, 0.4) is 0 Å². The highest BCUT2D eigenvalue weighted by Gasteiger charge is 2.33. The highest BCUT2D eigenvalue weighted by Crippen LogP contribution is 2.35. The fraction of sp³-hybridized carbons (Fsp3) is 0.667. The van der Waals surface area contributed by atoms with E-state index in [1.807, 2.05) is 10.6 Å². The Bertz CT molecular complexity index is 517. The number of halogens is 1. The molecule has 1 aromatic rings. The number of aromatic nitrogens is 1. The van der Waals surface area contributed by atoms with Gasteiger partial charge in [-0.05, 0) is 37.7 Å². The summed E-state index contributed by atoms with van der Waals surface area (Å²) in [5, 5.41) is 0.944. The van der Waals surface area contributed by atoms with Crippen LogP contribution in [0.1, 0.15) is 30.5 Å². The van der Waals surface area contributed by atoms with E-state index in [2.05, 4.69) is 15.9 Å². The molecule has 0 N–H and O–H groups in total. The van der Waals surface area contributed by atoms with Crippen LogP contribution < -0.4 is 5.56 Å². The molecule has 19 heavy (non-hydrogen) atoms. The summed E-state index contributed by atoms with van der Waals surface area (Å²) in [5.74, 6) is 0. The maximum Gasteiger partial charge on any atom is 0.250 e. The number of hydrogen-bond donors (Lipinski definition) is 0. The Morgan fingerprint density at radius 3 is 2.79 bits per heavy atom. The number of nitrogens with zero attached hydrogens (tertiary/aromatic N) is 1. The van der Waals surface area contributed by atoms with Gasteiger partial charge in [0.2, 0.25) is 0 Å². The average molecular weight is 326 g/mol. The van der Waals surface area contributed by atoms with Crippen molar-refractivity contribution in [2.24, 2.45) is 5.41 Å². The predicted molar refractivity (Wildman–Crippen MR) is 79.0 cm³/mol. The van der Waals surface area contributed by atoms with Gasteiger partial charge in [-0.15, -0.1) is 0 Å². The number of alkyl halides is 1. The first kappa shape index (κ1) is 13.4. The predicted octanol–water partition coefficient (Wildman–Crippen LogP) is 2.53. The largest absolute Gasteiger partial charge is 0.381 e. The normalized spacial score (nSPS) is 21.3. The van der Waals surface area contributed by atoms with Crippen LogP contribution in [0.5, 0.6) is 0 Å². The van der Waals surface area contributed by atoms with Gasteiger partial charge in [0.1, 0.15) is 0 Å². The molecule has 1 aromatic heterocycles. The fourth-order valence-corrected chi connectivity index (χ4v) is 4.02. The van der Waals surface area contributed by atoms with Gasteiger partial charge in [0.15, 0.2) is 0 Å². The molecule has 0 radical (unpaired) electrons. The molecule has 0 aromatic carbocycles. The molecule has 3 nitrogen and oxygen atoms in total. The molecule has 1 aliphatic carbocycles. The van der Waals surface area contributed by atoms with Gasteiger partial charge in [-0.3, -0.25) is 4.79 Å². The molecule has 2 heterocycles. The van der Waals surface area contributed by atoms with Crippen molar-refractivity contribution in [3.63, 3.8) is 0 Å². The quantitative estimate of drug-likeness (QED) is 0.800. The lowest BCUT2D eigenvalue weighted by Gasteiger charge is -2.36. The molecular formula is C15H20BrNO2. The molecule has 0 amide bonds. The molecule has 0 spiro atoms. The Hall–Kier alpha value is -0.610. The van der Waals surface area contributed by atoms with Crippen molar-refractivity contribution in [1.29, 1.82) is 0 Å². The zero-order valence-electron chi connectivity index (χ0n) is 11.2. The molecule has 0 saturated carbocycles. The summed E-state index contributed by atoms with van der Waals surface area (Å²) in [7, 11) is 0. The van der Waals surface area contributed by atoms with Gasteiger partial charge in [0.05, 0.1) is 0 Å². The van der Waals surface area contributed by atoms with E-state index in [1.54, 1.807) is 6.07 Å². The summed E-state index contributed by atoms with van der Waals surface area (Å²) in [5.41, 5.74) is 2.99. The molecule has 1 fully saturated rings. The van der Waals surface area contributed by atoms with Crippen LogP contribution in [0.15, 0.2) is 16.9 Å².